The number of fused-ring (bicyclic) bond motifs is 1. The first kappa shape index (κ1) is 12.1. The minimum Gasteiger partial charge on any atom is -0.375 e. The van der Waals surface area contributed by atoms with Crippen molar-refractivity contribution in [1.82, 2.24) is 14.8 Å². The minimum absolute atomic E-state index is 0.341. The number of thiazole rings is 1. The molecule has 0 fully saturated rings. The number of hydrogen-bond acceptors (Lipinski definition) is 4. The Balaban J connectivity index is 2.16. The van der Waals surface area contributed by atoms with E-state index in [1.54, 1.807) is 6.20 Å². The Kier molecular flexibility index (Phi) is 2.94. The molecule has 0 aliphatic heterocycles. The van der Waals surface area contributed by atoms with Crippen LogP contribution in [0.3, 0.4) is 0 Å². The van der Waals surface area contributed by atoms with Gasteiger partial charge in [0.25, 0.3) is 0 Å². The molecular formula is C13H13FN4S. The lowest BCUT2D eigenvalue weighted by Gasteiger charge is -2.06. The summed E-state index contributed by atoms with van der Waals surface area (Å²) in [5.41, 5.74) is 7.69. The molecule has 0 bridgehead atoms. The van der Waals surface area contributed by atoms with Gasteiger partial charge in [0, 0.05) is 18.3 Å². The molecule has 2 aromatic heterocycles. The first-order valence-electron chi connectivity index (χ1n) is 6.06. The number of nitrogens with zero attached hydrogens (tertiary/aromatic N) is 3. The van der Waals surface area contributed by atoms with Gasteiger partial charge in [-0.3, -0.25) is 4.68 Å². The van der Waals surface area contributed by atoms with Gasteiger partial charge in [-0.1, -0.05) is 18.3 Å². The number of rotatable bonds is 3. The lowest BCUT2D eigenvalue weighted by molar-refractivity contribution is 0.607. The van der Waals surface area contributed by atoms with E-state index in [1.807, 2.05) is 16.8 Å². The summed E-state index contributed by atoms with van der Waals surface area (Å²) in [7, 11) is 0. The molecule has 6 heteroatoms. The maximum Gasteiger partial charge on any atom is 0.181 e. The third kappa shape index (κ3) is 2.08. The summed E-state index contributed by atoms with van der Waals surface area (Å²) < 4.78 is 16.7. The largest absolute Gasteiger partial charge is 0.375 e. The number of nitrogens with two attached hydrogens (primary N) is 1. The predicted octanol–water partition coefficient (Wildman–Crippen LogP) is 3.29. The van der Waals surface area contributed by atoms with Crippen LogP contribution in [0.15, 0.2) is 24.4 Å². The fourth-order valence-corrected chi connectivity index (χ4v) is 2.91. The standard InChI is InChI=1S/C13H13FN4S/c1-2-5-18-10(3-4-16-18)8-6-9(14)12-11(7-8)19-13(15)17-12/h3-4,6-7H,2,5H2,1H3,(H2,15,17). The molecule has 0 unspecified atom stereocenters. The fraction of sp³-hybridized carbons (Fsp3) is 0.231. The number of benzene rings is 1. The van der Waals surface area contributed by atoms with Crippen molar-refractivity contribution in [3.8, 4) is 11.3 Å². The second-order valence-electron chi connectivity index (χ2n) is 4.30. The van der Waals surface area contributed by atoms with Gasteiger partial charge in [0.2, 0.25) is 0 Å². The van der Waals surface area contributed by atoms with Crippen molar-refractivity contribution in [2.45, 2.75) is 19.9 Å². The summed E-state index contributed by atoms with van der Waals surface area (Å²) >= 11 is 1.29. The Labute approximate surface area is 113 Å². The van der Waals surface area contributed by atoms with Crippen LogP contribution in [-0.2, 0) is 6.54 Å². The van der Waals surface area contributed by atoms with Crippen molar-refractivity contribution in [1.29, 1.82) is 0 Å². The Hall–Kier alpha value is -1.95. The average Bonchev–Trinajstić information content (AvgIpc) is 2.95. The molecule has 0 spiro atoms. The summed E-state index contributed by atoms with van der Waals surface area (Å²) in [6.07, 6.45) is 2.71. The molecule has 2 N–H and O–H groups in total. The van der Waals surface area contributed by atoms with Crippen LogP contribution in [-0.4, -0.2) is 14.8 Å². The molecule has 3 aromatic rings. The van der Waals surface area contributed by atoms with Crippen LogP contribution in [0.4, 0.5) is 9.52 Å². The molecule has 0 atom stereocenters. The second-order valence-corrected chi connectivity index (χ2v) is 5.36. The molecule has 0 saturated heterocycles. The van der Waals surface area contributed by atoms with E-state index in [1.165, 1.54) is 17.4 Å². The molecule has 4 nitrogen and oxygen atoms in total. The number of anilines is 1. The van der Waals surface area contributed by atoms with Crippen LogP contribution in [0, 0.1) is 5.82 Å². The fourth-order valence-electron chi connectivity index (χ4n) is 2.12. The van der Waals surface area contributed by atoms with Crippen molar-refractivity contribution in [3.05, 3.63) is 30.2 Å². The molecular weight excluding hydrogens is 263 g/mol. The zero-order valence-corrected chi connectivity index (χ0v) is 11.2. The molecule has 0 amide bonds. The zero-order chi connectivity index (χ0) is 13.4. The Morgan fingerprint density at radius 1 is 1.42 bits per heavy atom. The summed E-state index contributed by atoms with van der Waals surface area (Å²) in [6, 6.07) is 5.29. The molecule has 0 aliphatic carbocycles. The van der Waals surface area contributed by atoms with E-state index < -0.39 is 0 Å². The molecule has 3 rings (SSSR count). The van der Waals surface area contributed by atoms with Crippen molar-refractivity contribution in [3.63, 3.8) is 0 Å². The molecule has 2 heterocycles. The summed E-state index contributed by atoms with van der Waals surface area (Å²) in [5.74, 6) is -0.343. The Morgan fingerprint density at radius 2 is 2.26 bits per heavy atom. The molecule has 0 aliphatic rings. The molecule has 98 valence electrons. The quantitative estimate of drug-likeness (QED) is 0.798. The molecule has 1 aromatic carbocycles. The average molecular weight is 276 g/mol. The van der Waals surface area contributed by atoms with Gasteiger partial charge in [0.05, 0.1) is 10.4 Å². The third-order valence-electron chi connectivity index (χ3n) is 2.91. The summed E-state index contributed by atoms with van der Waals surface area (Å²) in [5, 5.41) is 4.64. The summed E-state index contributed by atoms with van der Waals surface area (Å²) in [4.78, 5) is 3.99. The third-order valence-corrected chi connectivity index (χ3v) is 3.74. The smallest absolute Gasteiger partial charge is 0.181 e. The first-order chi connectivity index (χ1) is 9.19. The highest BCUT2D eigenvalue weighted by molar-refractivity contribution is 7.22. The van der Waals surface area contributed by atoms with Crippen molar-refractivity contribution >= 4 is 26.7 Å². The highest BCUT2D eigenvalue weighted by Gasteiger charge is 2.12. The molecule has 0 radical (unpaired) electrons. The van der Waals surface area contributed by atoms with E-state index in [0.717, 1.165) is 28.9 Å². The van der Waals surface area contributed by atoms with E-state index in [2.05, 4.69) is 17.0 Å². The number of nitrogen functional groups attached to an aromatic ring is 1. The van der Waals surface area contributed by atoms with Crippen molar-refractivity contribution < 1.29 is 4.39 Å². The maximum atomic E-state index is 14.0. The van der Waals surface area contributed by atoms with Crippen LogP contribution in [0.25, 0.3) is 21.5 Å². The van der Waals surface area contributed by atoms with Gasteiger partial charge >= 0.3 is 0 Å². The van der Waals surface area contributed by atoms with E-state index >= 15 is 0 Å². The number of aryl methyl sites for hydroxylation is 1. The highest BCUT2D eigenvalue weighted by Crippen LogP contribution is 2.31. The van der Waals surface area contributed by atoms with Gasteiger partial charge in [-0.25, -0.2) is 9.37 Å². The van der Waals surface area contributed by atoms with Gasteiger partial charge in [0.1, 0.15) is 5.52 Å². The summed E-state index contributed by atoms with van der Waals surface area (Å²) in [6.45, 7) is 2.89. The van der Waals surface area contributed by atoms with Gasteiger partial charge in [-0.05, 0) is 24.6 Å². The Bertz CT molecular complexity index is 731. The topological polar surface area (TPSA) is 56.7 Å². The minimum atomic E-state index is -0.343. The maximum absolute atomic E-state index is 14.0. The zero-order valence-electron chi connectivity index (χ0n) is 10.4. The van der Waals surface area contributed by atoms with Crippen molar-refractivity contribution in [2.75, 3.05) is 5.73 Å². The SMILES string of the molecule is CCCn1nccc1-c1cc(F)c2nc(N)sc2c1. The monoisotopic (exact) mass is 276 g/mol. The van der Waals surface area contributed by atoms with Crippen molar-refractivity contribution in [2.24, 2.45) is 0 Å². The van der Waals surface area contributed by atoms with Crippen LogP contribution in [0.1, 0.15) is 13.3 Å². The van der Waals surface area contributed by atoms with Gasteiger partial charge in [-0.2, -0.15) is 5.10 Å². The molecule has 0 saturated carbocycles. The highest BCUT2D eigenvalue weighted by atomic mass is 32.1. The van der Waals surface area contributed by atoms with E-state index in [4.69, 9.17) is 5.73 Å². The Morgan fingerprint density at radius 3 is 3.05 bits per heavy atom. The van der Waals surface area contributed by atoms with E-state index in [9.17, 15) is 4.39 Å². The lowest BCUT2D eigenvalue weighted by Crippen LogP contribution is -2.01. The molecule has 19 heavy (non-hydrogen) atoms. The number of aromatic nitrogens is 3. The predicted molar refractivity (Wildman–Crippen MR) is 75.5 cm³/mol. The van der Waals surface area contributed by atoms with E-state index in [-0.39, 0.29) is 5.82 Å². The van der Waals surface area contributed by atoms with Gasteiger partial charge in [-0.15, -0.1) is 0 Å². The number of halogens is 1. The first-order valence-corrected chi connectivity index (χ1v) is 6.88. The lowest BCUT2D eigenvalue weighted by atomic mass is 10.1. The van der Waals surface area contributed by atoms with Crippen LogP contribution in [0.5, 0.6) is 0 Å². The van der Waals surface area contributed by atoms with Crippen LogP contribution < -0.4 is 5.73 Å². The number of hydrogen-bond donors (Lipinski definition) is 1. The van der Waals surface area contributed by atoms with Gasteiger partial charge in [0.15, 0.2) is 10.9 Å². The second kappa shape index (κ2) is 4.62. The normalized spacial score (nSPS) is 11.3. The van der Waals surface area contributed by atoms with Gasteiger partial charge < -0.3 is 5.73 Å². The van der Waals surface area contributed by atoms with E-state index in [0.29, 0.717) is 10.6 Å². The van der Waals surface area contributed by atoms with Crippen LogP contribution >= 0.6 is 11.3 Å². The van der Waals surface area contributed by atoms with Crippen LogP contribution in [0.2, 0.25) is 0 Å².